The van der Waals surface area contributed by atoms with Crippen LogP contribution in [-0.2, 0) is 4.74 Å². The number of ether oxygens (including phenoxy) is 1. The molecule has 5 heteroatoms. The summed E-state index contributed by atoms with van der Waals surface area (Å²) in [5, 5.41) is 1.64. The van der Waals surface area contributed by atoms with Crippen molar-refractivity contribution in [3.05, 3.63) is 35.0 Å². The van der Waals surface area contributed by atoms with Gasteiger partial charge < -0.3 is 9.15 Å². The second kappa shape index (κ2) is 4.74. The number of halogens is 1. The van der Waals surface area contributed by atoms with Crippen LogP contribution < -0.4 is 11.3 Å². The zero-order valence-corrected chi connectivity index (χ0v) is 11.8. The summed E-state index contributed by atoms with van der Waals surface area (Å²) in [6, 6.07) is 7.77. The summed E-state index contributed by atoms with van der Waals surface area (Å²) in [4.78, 5) is 0. The lowest BCUT2D eigenvalue weighted by Gasteiger charge is -2.26. The first kappa shape index (κ1) is 12.7. The molecule has 4 unspecified atom stereocenters. The highest BCUT2D eigenvalue weighted by atomic mass is 35.5. The van der Waals surface area contributed by atoms with Gasteiger partial charge in [0.1, 0.15) is 5.76 Å². The van der Waals surface area contributed by atoms with Crippen molar-refractivity contribution in [1.82, 2.24) is 5.43 Å². The minimum Gasteiger partial charge on any atom is -0.458 e. The number of nitrogens with one attached hydrogen (secondary N) is 1. The van der Waals surface area contributed by atoms with Crippen molar-refractivity contribution in [2.45, 2.75) is 37.5 Å². The van der Waals surface area contributed by atoms with Crippen LogP contribution in [0.3, 0.4) is 0 Å². The Morgan fingerprint density at radius 2 is 2.25 bits per heavy atom. The van der Waals surface area contributed by atoms with Gasteiger partial charge in [0.25, 0.3) is 0 Å². The van der Waals surface area contributed by atoms with E-state index in [1.54, 1.807) is 0 Å². The molecule has 4 atom stereocenters. The van der Waals surface area contributed by atoms with Crippen LogP contribution in [0.25, 0.3) is 11.0 Å². The second-order valence-electron chi connectivity index (χ2n) is 5.72. The molecule has 20 heavy (non-hydrogen) atoms. The fourth-order valence-electron chi connectivity index (χ4n) is 3.65. The van der Waals surface area contributed by atoms with Gasteiger partial charge in [0, 0.05) is 11.3 Å². The molecule has 0 amide bonds. The Kier molecular flexibility index (Phi) is 3.00. The number of rotatable bonds is 3. The topological polar surface area (TPSA) is 60.4 Å². The summed E-state index contributed by atoms with van der Waals surface area (Å²) in [5.41, 5.74) is 3.64. The number of fused-ring (bicyclic) bond motifs is 3. The zero-order chi connectivity index (χ0) is 13.7. The Labute approximate surface area is 122 Å². The van der Waals surface area contributed by atoms with Gasteiger partial charge in [-0.1, -0.05) is 23.7 Å². The monoisotopic (exact) mass is 292 g/mol. The Morgan fingerprint density at radius 3 is 2.90 bits per heavy atom. The summed E-state index contributed by atoms with van der Waals surface area (Å²) < 4.78 is 11.9. The van der Waals surface area contributed by atoms with E-state index in [0.717, 1.165) is 29.6 Å². The van der Waals surface area contributed by atoms with Gasteiger partial charge in [-0.2, -0.15) is 0 Å². The molecule has 1 aromatic heterocycles. The van der Waals surface area contributed by atoms with Crippen LogP contribution >= 0.6 is 11.6 Å². The van der Waals surface area contributed by atoms with E-state index < -0.39 is 0 Å². The minimum atomic E-state index is -0.0197. The zero-order valence-electron chi connectivity index (χ0n) is 11.0. The quantitative estimate of drug-likeness (QED) is 0.674. The Balaban J connectivity index is 1.71. The minimum absolute atomic E-state index is 0.0197. The van der Waals surface area contributed by atoms with E-state index in [1.807, 2.05) is 24.3 Å². The first-order chi connectivity index (χ1) is 9.76. The van der Waals surface area contributed by atoms with Crippen LogP contribution in [0.4, 0.5) is 0 Å². The molecule has 2 aromatic rings. The average Bonchev–Trinajstić information content (AvgIpc) is 3.14. The molecule has 0 aliphatic carbocycles. The van der Waals surface area contributed by atoms with E-state index >= 15 is 0 Å². The van der Waals surface area contributed by atoms with E-state index in [-0.39, 0.29) is 6.04 Å². The standard InChI is InChI=1S/C15H17ClN2O2/c16-11-3-1-2-8-6-13(20-15(8)11)14(18-17)10-7-9-4-5-12(10)19-9/h1-3,6,9-10,12,14,18H,4-5,7,17H2. The Hall–Kier alpha value is -1.07. The number of nitrogens with two attached hydrogens (primary N) is 1. The molecular formula is C15H17ClN2O2. The Morgan fingerprint density at radius 1 is 1.35 bits per heavy atom. The molecule has 2 aliphatic rings. The first-order valence-corrected chi connectivity index (χ1v) is 7.43. The highest BCUT2D eigenvalue weighted by molar-refractivity contribution is 6.34. The first-order valence-electron chi connectivity index (χ1n) is 7.06. The summed E-state index contributed by atoms with van der Waals surface area (Å²) >= 11 is 6.17. The number of hydrazine groups is 1. The number of furan rings is 1. The van der Waals surface area contributed by atoms with Crippen molar-refractivity contribution < 1.29 is 9.15 Å². The molecule has 2 bridgehead atoms. The molecule has 1 aromatic carbocycles. The highest BCUT2D eigenvalue weighted by Gasteiger charge is 2.45. The van der Waals surface area contributed by atoms with Gasteiger partial charge in [0.2, 0.25) is 0 Å². The third-order valence-electron chi connectivity index (χ3n) is 4.58. The van der Waals surface area contributed by atoms with Gasteiger partial charge in [0.15, 0.2) is 5.58 Å². The van der Waals surface area contributed by atoms with Crippen molar-refractivity contribution in [3.63, 3.8) is 0 Å². The van der Waals surface area contributed by atoms with E-state index in [1.165, 1.54) is 6.42 Å². The summed E-state index contributed by atoms with van der Waals surface area (Å²) in [5.74, 6) is 7.00. The van der Waals surface area contributed by atoms with E-state index in [4.69, 9.17) is 26.6 Å². The van der Waals surface area contributed by atoms with Gasteiger partial charge in [-0.05, 0) is 31.4 Å². The summed E-state index contributed by atoms with van der Waals surface area (Å²) in [6.45, 7) is 0. The maximum absolute atomic E-state index is 6.17. The molecule has 0 radical (unpaired) electrons. The summed E-state index contributed by atoms with van der Waals surface area (Å²) in [6.07, 6.45) is 4.03. The maximum Gasteiger partial charge on any atom is 0.152 e. The number of benzene rings is 1. The fraction of sp³-hybridized carbons (Fsp3) is 0.467. The van der Waals surface area contributed by atoms with Crippen molar-refractivity contribution in [1.29, 1.82) is 0 Å². The van der Waals surface area contributed by atoms with Gasteiger partial charge in [-0.15, -0.1) is 0 Å². The van der Waals surface area contributed by atoms with Crippen LogP contribution in [-0.4, -0.2) is 12.2 Å². The third-order valence-corrected chi connectivity index (χ3v) is 4.88. The lowest BCUT2D eigenvalue weighted by Crippen LogP contribution is -2.37. The molecular weight excluding hydrogens is 276 g/mol. The van der Waals surface area contributed by atoms with Gasteiger partial charge >= 0.3 is 0 Å². The number of para-hydroxylation sites is 1. The van der Waals surface area contributed by atoms with Gasteiger partial charge in [0.05, 0.1) is 23.3 Å². The van der Waals surface area contributed by atoms with Crippen LogP contribution in [0.15, 0.2) is 28.7 Å². The fourth-order valence-corrected chi connectivity index (χ4v) is 3.87. The Bertz CT molecular complexity index is 642. The molecule has 106 valence electrons. The predicted molar refractivity (Wildman–Crippen MR) is 77.3 cm³/mol. The lowest BCUT2D eigenvalue weighted by molar-refractivity contribution is 0.0838. The highest BCUT2D eigenvalue weighted by Crippen LogP contribution is 2.45. The normalized spacial score (nSPS) is 30.2. The third kappa shape index (κ3) is 1.87. The molecule has 3 heterocycles. The average molecular weight is 293 g/mol. The number of hydrogen-bond acceptors (Lipinski definition) is 4. The molecule has 0 spiro atoms. The van der Waals surface area contributed by atoms with Crippen LogP contribution in [0.5, 0.6) is 0 Å². The molecule has 2 saturated heterocycles. The maximum atomic E-state index is 6.17. The van der Waals surface area contributed by atoms with Crippen LogP contribution in [0, 0.1) is 5.92 Å². The molecule has 2 aliphatic heterocycles. The number of hydrogen-bond donors (Lipinski definition) is 2. The largest absolute Gasteiger partial charge is 0.458 e. The SMILES string of the molecule is NNC(c1cc2cccc(Cl)c2o1)C1CC2CCC1O2. The van der Waals surface area contributed by atoms with Crippen molar-refractivity contribution in [2.75, 3.05) is 0 Å². The van der Waals surface area contributed by atoms with E-state index in [9.17, 15) is 0 Å². The van der Waals surface area contributed by atoms with Crippen LogP contribution in [0.2, 0.25) is 5.02 Å². The van der Waals surface area contributed by atoms with Crippen LogP contribution in [0.1, 0.15) is 31.1 Å². The van der Waals surface area contributed by atoms with E-state index in [2.05, 4.69) is 5.43 Å². The lowest BCUT2D eigenvalue weighted by atomic mass is 9.83. The second-order valence-corrected chi connectivity index (χ2v) is 6.13. The van der Waals surface area contributed by atoms with Crippen molar-refractivity contribution in [2.24, 2.45) is 11.8 Å². The molecule has 2 fully saturated rings. The van der Waals surface area contributed by atoms with E-state index in [0.29, 0.717) is 23.1 Å². The van der Waals surface area contributed by atoms with Crippen molar-refractivity contribution >= 4 is 22.6 Å². The van der Waals surface area contributed by atoms with Crippen molar-refractivity contribution in [3.8, 4) is 0 Å². The molecule has 4 nitrogen and oxygen atoms in total. The predicted octanol–water partition coefficient (Wildman–Crippen LogP) is 3.16. The smallest absolute Gasteiger partial charge is 0.152 e. The van der Waals surface area contributed by atoms with Gasteiger partial charge in [-0.3, -0.25) is 5.84 Å². The molecule has 0 saturated carbocycles. The molecule has 4 rings (SSSR count). The summed E-state index contributed by atoms with van der Waals surface area (Å²) in [7, 11) is 0. The van der Waals surface area contributed by atoms with Gasteiger partial charge in [-0.25, -0.2) is 5.43 Å². The molecule has 3 N–H and O–H groups in total.